The Balaban J connectivity index is 1.52. The fourth-order valence-electron chi connectivity index (χ4n) is 5.20. The summed E-state index contributed by atoms with van der Waals surface area (Å²) < 4.78 is 1.82. The summed E-state index contributed by atoms with van der Waals surface area (Å²) in [5.41, 5.74) is 7.10. The number of rotatable bonds is 2. The van der Waals surface area contributed by atoms with E-state index in [0.29, 0.717) is 29.3 Å². The highest BCUT2D eigenvalue weighted by atomic mass is 16.2. The molecule has 0 unspecified atom stereocenters. The summed E-state index contributed by atoms with van der Waals surface area (Å²) in [6, 6.07) is 2.16. The van der Waals surface area contributed by atoms with E-state index in [4.69, 9.17) is 5.73 Å². The van der Waals surface area contributed by atoms with E-state index >= 15 is 0 Å². The number of carbonyl (C=O) groups excluding carboxylic acids is 1. The second-order valence-electron chi connectivity index (χ2n) is 7.20. The molecule has 108 valence electrons. The van der Waals surface area contributed by atoms with Crippen LogP contribution in [0.25, 0.3) is 0 Å². The summed E-state index contributed by atoms with van der Waals surface area (Å²) in [5, 5.41) is 3.32. The standard InChI is InChI=1S/C16H23N3O/c1-19-8-13(17)7-14(19)16(20)18-15-11-3-9-2-10(5-11)6-12(15)4-9/h7-12,15H,2-6,17H2,1H3,(H,18,20). The molecule has 4 heteroatoms. The van der Waals surface area contributed by atoms with Crippen LogP contribution >= 0.6 is 0 Å². The largest absolute Gasteiger partial charge is 0.397 e. The van der Waals surface area contributed by atoms with E-state index in [2.05, 4.69) is 5.32 Å². The highest BCUT2D eigenvalue weighted by molar-refractivity contribution is 5.94. The number of nitrogens with one attached hydrogen (secondary N) is 1. The Morgan fingerprint density at radius 2 is 1.80 bits per heavy atom. The Morgan fingerprint density at radius 3 is 2.30 bits per heavy atom. The fourth-order valence-corrected chi connectivity index (χ4v) is 5.20. The minimum atomic E-state index is 0.0432. The number of aromatic nitrogens is 1. The molecule has 3 N–H and O–H groups in total. The van der Waals surface area contributed by atoms with Crippen LogP contribution in [-0.2, 0) is 7.05 Å². The summed E-state index contributed by atoms with van der Waals surface area (Å²) in [7, 11) is 1.88. The number of carbonyl (C=O) groups is 1. The average Bonchev–Trinajstić information content (AvgIpc) is 2.72. The van der Waals surface area contributed by atoms with E-state index in [9.17, 15) is 4.79 Å². The number of amides is 1. The third-order valence-corrected chi connectivity index (χ3v) is 5.78. The van der Waals surface area contributed by atoms with Gasteiger partial charge in [0.2, 0.25) is 0 Å². The quantitative estimate of drug-likeness (QED) is 0.867. The minimum Gasteiger partial charge on any atom is -0.397 e. The van der Waals surface area contributed by atoms with Crippen LogP contribution in [0.4, 0.5) is 5.69 Å². The molecule has 4 aliphatic rings. The summed E-state index contributed by atoms with van der Waals surface area (Å²) in [6.07, 6.45) is 8.55. The summed E-state index contributed by atoms with van der Waals surface area (Å²) in [4.78, 5) is 12.5. The van der Waals surface area contributed by atoms with Crippen molar-refractivity contribution in [2.75, 3.05) is 5.73 Å². The van der Waals surface area contributed by atoms with Gasteiger partial charge in [0, 0.05) is 19.3 Å². The van der Waals surface area contributed by atoms with Crippen molar-refractivity contribution in [3.63, 3.8) is 0 Å². The molecule has 4 fully saturated rings. The number of nitrogens with two attached hydrogens (primary N) is 1. The molecule has 0 saturated heterocycles. The lowest BCUT2D eigenvalue weighted by atomic mass is 9.54. The minimum absolute atomic E-state index is 0.0432. The number of nitrogen functional groups attached to an aromatic ring is 1. The molecule has 1 heterocycles. The van der Waals surface area contributed by atoms with Crippen molar-refractivity contribution in [2.24, 2.45) is 30.7 Å². The zero-order chi connectivity index (χ0) is 13.9. The van der Waals surface area contributed by atoms with Gasteiger partial charge in [0.25, 0.3) is 5.91 Å². The van der Waals surface area contributed by atoms with Crippen LogP contribution in [0.5, 0.6) is 0 Å². The molecule has 1 amide bonds. The molecule has 0 aliphatic heterocycles. The van der Waals surface area contributed by atoms with Crippen molar-refractivity contribution >= 4 is 11.6 Å². The van der Waals surface area contributed by atoms with Gasteiger partial charge in [-0.15, -0.1) is 0 Å². The van der Waals surface area contributed by atoms with Crippen LogP contribution in [0.15, 0.2) is 12.3 Å². The maximum absolute atomic E-state index is 12.5. The molecule has 1 aromatic rings. The molecule has 0 spiro atoms. The van der Waals surface area contributed by atoms with E-state index in [1.807, 2.05) is 11.6 Å². The van der Waals surface area contributed by atoms with Crippen LogP contribution < -0.4 is 11.1 Å². The summed E-state index contributed by atoms with van der Waals surface area (Å²) in [5.74, 6) is 3.36. The normalized spacial score (nSPS) is 38.1. The first-order valence-corrected chi connectivity index (χ1v) is 7.83. The third kappa shape index (κ3) is 1.85. The van der Waals surface area contributed by atoms with Gasteiger partial charge < -0.3 is 15.6 Å². The Labute approximate surface area is 119 Å². The SMILES string of the molecule is Cn1cc(N)cc1C(=O)NC1C2CC3CC(C2)CC1C3. The Kier molecular flexibility index (Phi) is 2.63. The third-order valence-electron chi connectivity index (χ3n) is 5.78. The van der Waals surface area contributed by atoms with Crippen LogP contribution in [0, 0.1) is 23.7 Å². The van der Waals surface area contributed by atoms with Crippen LogP contribution in [0.1, 0.15) is 42.6 Å². The zero-order valence-corrected chi connectivity index (χ0v) is 12.0. The average molecular weight is 273 g/mol. The highest BCUT2D eigenvalue weighted by Gasteiger charge is 2.48. The predicted molar refractivity (Wildman–Crippen MR) is 78.1 cm³/mol. The molecule has 20 heavy (non-hydrogen) atoms. The van der Waals surface area contributed by atoms with Gasteiger partial charge in [-0.05, 0) is 61.8 Å². The predicted octanol–water partition coefficient (Wildman–Crippen LogP) is 2.16. The molecule has 0 aromatic carbocycles. The maximum Gasteiger partial charge on any atom is 0.268 e. The first kappa shape index (κ1) is 12.3. The Bertz CT molecular complexity index is 520. The molecule has 4 aliphatic carbocycles. The van der Waals surface area contributed by atoms with Gasteiger partial charge in [-0.1, -0.05) is 0 Å². The van der Waals surface area contributed by atoms with Crippen molar-refractivity contribution in [1.82, 2.24) is 9.88 Å². The lowest BCUT2D eigenvalue weighted by Crippen LogP contribution is -2.56. The summed E-state index contributed by atoms with van der Waals surface area (Å²) in [6.45, 7) is 0. The van der Waals surface area contributed by atoms with Gasteiger partial charge >= 0.3 is 0 Å². The van der Waals surface area contributed by atoms with E-state index in [1.165, 1.54) is 32.1 Å². The molecule has 0 atom stereocenters. The van der Waals surface area contributed by atoms with Gasteiger partial charge in [0.05, 0.1) is 5.69 Å². The molecule has 4 nitrogen and oxygen atoms in total. The lowest BCUT2D eigenvalue weighted by molar-refractivity contribution is -0.0120. The maximum atomic E-state index is 12.5. The van der Waals surface area contributed by atoms with E-state index in [-0.39, 0.29) is 5.91 Å². The number of hydrogen-bond donors (Lipinski definition) is 2. The van der Waals surface area contributed by atoms with Crippen molar-refractivity contribution in [3.05, 3.63) is 18.0 Å². The number of aryl methyl sites for hydroxylation is 1. The van der Waals surface area contributed by atoms with Crippen LogP contribution in [-0.4, -0.2) is 16.5 Å². The molecular weight excluding hydrogens is 250 g/mol. The van der Waals surface area contributed by atoms with Gasteiger partial charge in [-0.2, -0.15) is 0 Å². The fraction of sp³-hybridized carbons (Fsp3) is 0.688. The van der Waals surface area contributed by atoms with Gasteiger partial charge in [0.1, 0.15) is 5.69 Å². The van der Waals surface area contributed by atoms with Crippen molar-refractivity contribution < 1.29 is 4.79 Å². The van der Waals surface area contributed by atoms with Crippen molar-refractivity contribution in [2.45, 2.75) is 38.1 Å². The molecule has 5 rings (SSSR count). The van der Waals surface area contributed by atoms with Crippen molar-refractivity contribution in [1.29, 1.82) is 0 Å². The molecule has 0 radical (unpaired) electrons. The van der Waals surface area contributed by atoms with Gasteiger partial charge in [-0.3, -0.25) is 4.79 Å². The second kappa shape index (κ2) is 4.27. The second-order valence-corrected chi connectivity index (χ2v) is 7.20. The van der Waals surface area contributed by atoms with Gasteiger partial charge in [0.15, 0.2) is 0 Å². The van der Waals surface area contributed by atoms with E-state index < -0.39 is 0 Å². The smallest absolute Gasteiger partial charge is 0.268 e. The van der Waals surface area contributed by atoms with Crippen LogP contribution in [0.3, 0.4) is 0 Å². The molecule has 4 saturated carbocycles. The van der Waals surface area contributed by atoms with Gasteiger partial charge in [-0.25, -0.2) is 0 Å². The van der Waals surface area contributed by atoms with E-state index in [1.54, 1.807) is 12.3 Å². The van der Waals surface area contributed by atoms with Crippen molar-refractivity contribution in [3.8, 4) is 0 Å². The Morgan fingerprint density at radius 1 is 1.20 bits per heavy atom. The van der Waals surface area contributed by atoms with Crippen LogP contribution in [0.2, 0.25) is 0 Å². The highest BCUT2D eigenvalue weighted by Crippen LogP contribution is 2.53. The molecule has 4 bridgehead atoms. The first-order valence-electron chi connectivity index (χ1n) is 7.83. The monoisotopic (exact) mass is 273 g/mol. The Hall–Kier alpha value is -1.45. The summed E-state index contributed by atoms with van der Waals surface area (Å²) >= 11 is 0. The topological polar surface area (TPSA) is 60.0 Å². The first-order chi connectivity index (χ1) is 9.60. The number of nitrogens with zero attached hydrogens (tertiary/aromatic N) is 1. The zero-order valence-electron chi connectivity index (χ0n) is 12.0. The number of hydrogen-bond acceptors (Lipinski definition) is 2. The number of anilines is 1. The molecular formula is C16H23N3O. The van der Waals surface area contributed by atoms with E-state index in [0.717, 1.165) is 11.8 Å². The molecule has 1 aromatic heterocycles. The lowest BCUT2D eigenvalue weighted by Gasteiger charge is -2.54.